The van der Waals surface area contributed by atoms with Crippen molar-refractivity contribution in [3.63, 3.8) is 0 Å². The largest absolute Gasteiger partial charge is 0.497 e. The van der Waals surface area contributed by atoms with Crippen molar-refractivity contribution >= 4 is 11.0 Å². The molecule has 0 aliphatic heterocycles. The quantitative estimate of drug-likeness (QED) is 0.368. The molecule has 1 aromatic heterocycles. The van der Waals surface area contributed by atoms with E-state index in [-0.39, 0.29) is 11.1 Å². The van der Waals surface area contributed by atoms with Crippen LogP contribution in [0.15, 0.2) is 82.0 Å². The van der Waals surface area contributed by atoms with Crippen LogP contribution in [0, 0.1) is 17.7 Å². The Morgan fingerprint density at radius 2 is 1.68 bits per heavy atom. The molecule has 136 valence electrons. The maximum absolute atomic E-state index is 13.6. The molecule has 0 bridgehead atoms. The summed E-state index contributed by atoms with van der Waals surface area (Å²) < 4.78 is 24.1. The van der Waals surface area contributed by atoms with Crippen LogP contribution in [0.2, 0.25) is 0 Å². The summed E-state index contributed by atoms with van der Waals surface area (Å²) in [6.07, 6.45) is 0. The Kier molecular flexibility index (Phi) is 4.65. The topological polar surface area (TPSA) is 39.4 Å². The van der Waals surface area contributed by atoms with Gasteiger partial charge in [0.15, 0.2) is 0 Å². The first-order chi connectivity index (χ1) is 13.7. The van der Waals surface area contributed by atoms with Crippen LogP contribution in [-0.2, 0) is 0 Å². The Morgan fingerprint density at radius 1 is 0.929 bits per heavy atom. The summed E-state index contributed by atoms with van der Waals surface area (Å²) in [5.41, 5.74) is 2.01. The fourth-order valence-electron chi connectivity index (χ4n) is 3.00. The van der Waals surface area contributed by atoms with Gasteiger partial charge in [-0.05, 0) is 42.0 Å². The van der Waals surface area contributed by atoms with Gasteiger partial charge >= 0.3 is 5.63 Å². The minimum atomic E-state index is -0.599. The highest BCUT2D eigenvalue weighted by Crippen LogP contribution is 2.30. The molecule has 3 nitrogen and oxygen atoms in total. The van der Waals surface area contributed by atoms with Crippen LogP contribution >= 0.6 is 0 Å². The minimum absolute atomic E-state index is 0.193. The SMILES string of the molecule is COc1ccc(C#Cc2c(-c3ccccc3)c3ccc(F)cc3oc2=O)cc1. The van der Waals surface area contributed by atoms with Gasteiger partial charge < -0.3 is 9.15 Å². The van der Waals surface area contributed by atoms with Crippen molar-refractivity contribution in [2.45, 2.75) is 0 Å². The van der Waals surface area contributed by atoms with Crippen LogP contribution in [0.5, 0.6) is 5.75 Å². The number of hydrogen-bond donors (Lipinski definition) is 0. The van der Waals surface area contributed by atoms with Crippen LogP contribution in [-0.4, -0.2) is 7.11 Å². The number of benzene rings is 3. The van der Waals surface area contributed by atoms with Crippen LogP contribution in [0.25, 0.3) is 22.1 Å². The van der Waals surface area contributed by atoms with Gasteiger partial charge in [-0.3, -0.25) is 0 Å². The Morgan fingerprint density at radius 3 is 2.39 bits per heavy atom. The Hall–Kier alpha value is -3.84. The zero-order valence-corrected chi connectivity index (χ0v) is 15.0. The summed E-state index contributed by atoms with van der Waals surface area (Å²) in [5.74, 6) is 6.21. The zero-order valence-electron chi connectivity index (χ0n) is 15.0. The summed E-state index contributed by atoms with van der Waals surface area (Å²) in [6.45, 7) is 0. The smallest absolute Gasteiger partial charge is 0.352 e. The second-order valence-electron chi connectivity index (χ2n) is 6.12. The summed E-state index contributed by atoms with van der Waals surface area (Å²) in [6, 6.07) is 20.8. The van der Waals surface area contributed by atoms with Gasteiger partial charge in [0.2, 0.25) is 0 Å². The van der Waals surface area contributed by atoms with E-state index in [4.69, 9.17) is 9.15 Å². The molecule has 4 heteroatoms. The van der Waals surface area contributed by atoms with Gasteiger partial charge in [0.05, 0.1) is 7.11 Å². The average Bonchev–Trinajstić information content (AvgIpc) is 2.73. The second kappa shape index (κ2) is 7.42. The lowest BCUT2D eigenvalue weighted by Crippen LogP contribution is -2.07. The molecule has 28 heavy (non-hydrogen) atoms. The third-order valence-electron chi connectivity index (χ3n) is 4.35. The first-order valence-electron chi connectivity index (χ1n) is 8.63. The number of fused-ring (bicyclic) bond motifs is 1. The highest BCUT2D eigenvalue weighted by molar-refractivity contribution is 5.96. The van der Waals surface area contributed by atoms with Gasteiger partial charge in [0, 0.05) is 22.6 Å². The van der Waals surface area contributed by atoms with E-state index < -0.39 is 11.4 Å². The summed E-state index contributed by atoms with van der Waals surface area (Å²) in [4.78, 5) is 12.6. The number of rotatable bonds is 2. The van der Waals surface area contributed by atoms with Crippen LogP contribution in [0.1, 0.15) is 11.1 Å². The maximum atomic E-state index is 13.6. The normalized spacial score (nSPS) is 10.4. The molecule has 3 aromatic carbocycles. The van der Waals surface area contributed by atoms with E-state index in [1.165, 1.54) is 12.1 Å². The molecule has 0 spiro atoms. The molecule has 0 N–H and O–H groups in total. The number of hydrogen-bond acceptors (Lipinski definition) is 3. The highest BCUT2D eigenvalue weighted by Gasteiger charge is 2.15. The molecule has 1 heterocycles. The molecule has 0 fully saturated rings. The van der Waals surface area contributed by atoms with Crippen LogP contribution in [0.3, 0.4) is 0 Å². The van der Waals surface area contributed by atoms with Crippen molar-refractivity contribution < 1.29 is 13.5 Å². The molecule has 0 amide bonds. The lowest BCUT2D eigenvalue weighted by Gasteiger charge is -2.08. The van der Waals surface area contributed by atoms with Crippen molar-refractivity contribution in [3.05, 3.63) is 100 Å². The molecule has 0 aliphatic rings. The van der Waals surface area contributed by atoms with E-state index >= 15 is 0 Å². The van der Waals surface area contributed by atoms with Crippen molar-refractivity contribution in [1.29, 1.82) is 0 Å². The Labute approximate surface area is 161 Å². The summed E-state index contributed by atoms with van der Waals surface area (Å²) in [7, 11) is 1.59. The van der Waals surface area contributed by atoms with E-state index in [0.29, 0.717) is 10.9 Å². The van der Waals surface area contributed by atoms with E-state index in [1.54, 1.807) is 25.3 Å². The van der Waals surface area contributed by atoms with Crippen molar-refractivity contribution in [2.75, 3.05) is 7.11 Å². The van der Waals surface area contributed by atoms with Gasteiger partial charge in [-0.25, -0.2) is 9.18 Å². The molecule has 0 saturated heterocycles. The van der Waals surface area contributed by atoms with Gasteiger partial charge in [-0.1, -0.05) is 42.2 Å². The Bertz CT molecular complexity index is 1260. The maximum Gasteiger partial charge on any atom is 0.352 e. The zero-order chi connectivity index (χ0) is 19.5. The number of halogens is 1. The van der Waals surface area contributed by atoms with Crippen LogP contribution in [0.4, 0.5) is 4.39 Å². The number of methoxy groups -OCH3 is 1. The molecular weight excluding hydrogens is 355 g/mol. The molecule has 4 rings (SSSR count). The van der Waals surface area contributed by atoms with Gasteiger partial charge in [0.25, 0.3) is 0 Å². The third kappa shape index (κ3) is 3.38. The van der Waals surface area contributed by atoms with E-state index in [0.717, 1.165) is 16.9 Å². The fraction of sp³-hybridized carbons (Fsp3) is 0.0417. The lowest BCUT2D eigenvalue weighted by molar-refractivity contribution is 0.415. The van der Waals surface area contributed by atoms with Crippen molar-refractivity contribution in [1.82, 2.24) is 0 Å². The molecule has 0 atom stereocenters. The molecule has 0 aliphatic carbocycles. The molecule has 0 saturated carbocycles. The van der Waals surface area contributed by atoms with Crippen molar-refractivity contribution in [3.8, 4) is 28.7 Å². The molecule has 0 radical (unpaired) electrons. The van der Waals surface area contributed by atoms with E-state index in [9.17, 15) is 9.18 Å². The first-order valence-corrected chi connectivity index (χ1v) is 8.63. The number of ether oxygens (including phenoxy) is 1. The van der Waals surface area contributed by atoms with E-state index in [2.05, 4.69) is 11.8 Å². The van der Waals surface area contributed by atoms with Crippen LogP contribution < -0.4 is 10.4 Å². The summed E-state index contributed by atoms with van der Waals surface area (Å²) >= 11 is 0. The van der Waals surface area contributed by atoms with E-state index in [1.807, 2.05) is 42.5 Å². The Balaban J connectivity index is 1.95. The highest BCUT2D eigenvalue weighted by atomic mass is 19.1. The van der Waals surface area contributed by atoms with Crippen molar-refractivity contribution in [2.24, 2.45) is 0 Å². The molecular formula is C24H15FO3. The monoisotopic (exact) mass is 370 g/mol. The lowest BCUT2D eigenvalue weighted by atomic mass is 9.97. The van der Waals surface area contributed by atoms with Gasteiger partial charge in [-0.2, -0.15) is 0 Å². The third-order valence-corrected chi connectivity index (χ3v) is 4.35. The molecule has 0 unspecified atom stereocenters. The van der Waals surface area contributed by atoms with Gasteiger partial charge in [0.1, 0.15) is 22.7 Å². The molecule has 4 aromatic rings. The standard InChI is InChI=1S/C24H15FO3/c1-27-19-11-7-16(8-12-19)9-13-21-23(17-5-3-2-4-6-17)20-14-10-18(25)15-22(20)28-24(21)26/h2-8,10-12,14-15H,1H3. The fourth-order valence-corrected chi connectivity index (χ4v) is 3.00. The summed E-state index contributed by atoms with van der Waals surface area (Å²) in [5, 5.41) is 0.631. The van der Waals surface area contributed by atoms with Gasteiger partial charge in [-0.15, -0.1) is 0 Å². The average molecular weight is 370 g/mol. The second-order valence-corrected chi connectivity index (χ2v) is 6.12. The predicted octanol–water partition coefficient (Wildman–Crippen LogP) is 5.01. The minimum Gasteiger partial charge on any atom is -0.497 e. The predicted molar refractivity (Wildman–Crippen MR) is 107 cm³/mol. The first kappa shape index (κ1) is 17.6.